The van der Waals surface area contributed by atoms with Crippen LogP contribution in [0.3, 0.4) is 0 Å². The van der Waals surface area contributed by atoms with Crippen LogP contribution in [0.5, 0.6) is 0 Å². The largest absolute Gasteiger partial charge is 0.465 e. The molecule has 5 rings (SSSR count). The van der Waals surface area contributed by atoms with Crippen LogP contribution >= 0.6 is 0 Å². The lowest BCUT2D eigenvalue weighted by atomic mass is 9.72. The molecule has 7 heteroatoms. The molecule has 1 aromatic heterocycles. The number of aromatic nitrogens is 1. The molecule has 0 spiro atoms. The molecular formula is C33H40N4O3. The van der Waals surface area contributed by atoms with Gasteiger partial charge in [0.05, 0.1) is 17.6 Å². The standard InChI is InChI=1S/C33H40N4O3/c1-22(2)37(32(39)40)28-15-9-23(10-16-28)19-30(38)36-27-20-29(24-7-4-3-5-8-24)31(35-21-27)25-11-13-26(14-12-25)33(34)17-6-18-33/h3-5,7-8,11-14,20-23,28H,6,9-10,15-19,34H2,1-2H3,(H,36,38)(H,39,40)/t23-,28-. The Morgan fingerprint density at radius 1 is 1.02 bits per heavy atom. The molecule has 2 fully saturated rings. The third kappa shape index (κ3) is 6.04. The van der Waals surface area contributed by atoms with Gasteiger partial charge >= 0.3 is 6.09 Å². The zero-order valence-electron chi connectivity index (χ0n) is 23.5. The molecule has 3 aromatic rings. The van der Waals surface area contributed by atoms with Gasteiger partial charge < -0.3 is 21.1 Å². The van der Waals surface area contributed by atoms with E-state index in [1.165, 1.54) is 12.0 Å². The van der Waals surface area contributed by atoms with E-state index < -0.39 is 6.09 Å². The average molecular weight is 541 g/mol. The molecule has 2 aromatic carbocycles. The molecule has 2 aliphatic rings. The highest BCUT2D eigenvalue weighted by atomic mass is 16.4. The number of rotatable bonds is 8. The smallest absolute Gasteiger partial charge is 0.407 e. The van der Waals surface area contributed by atoms with Crippen LogP contribution < -0.4 is 11.1 Å². The number of hydrogen-bond donors (Lipinski definition) is 3. The van der Waals surface area contributed by atoms with Crippen LogP contribution in [0.1, 0.15) is 70.8 Å². The Morgan fingerprint density at radius 2 is 1.70 bits per heavy atom. The summed E-state index contributed by atoms with van der Waals surface area (Å²) in [6.45, 7) is 3.83. The van der Waals surface area contributed by atoms with Crippen LogP contribution in [0.25, 0.3) is 22.4 Å². The first-order valence-corrected chi connectivity index (χ1v) is 14.5. The molecule has 0 radical (unpaired) electrons. The molecular weight excluding hydrogens is 500 g/mol. The maximum atomic E-state index is 13.0. The lowest BCUT2D eigenvalue weighted by Gasteiger charge is -2.38. The van der Waals surface area contributed by atoms with Gasteiger partial charge in [0, 0.05) is 35.2 Å². The fourth-order valence-electron chi connectivity index (χ4n) is 6.31. The van der Waals surface area contributed by atoms with Crippen LogP contribution in [-0.4, -0.2) is 39.1 Å². The Balaban J connectivity index is 1.28. The summed E-state index contributed by atoms with van der Waals surface area (Å²) in [5.41, 5.74) is 12.0. The minimum Gasteiger partial charge on any atom is -0.465 e. The van der Waals surface area contributed by atoms with Crippen LogP contribution in [0.2, 0.25) is 0 Å². The molecule has 210 valence electrons. The summed E-state index contributed by atoms with van der Waals surface area (Å²) in [4.78, 5) is 31.1. The predicted octanol–water partition coefficient (Wildman–Crippen LogP) is 7.03. The number of pyridine rings is 1. The van der Waals surface area contributed by atoms with E-state index in [-0.39, 0.29) is 29.4 Å². The van der Waals surface area contributed by atoms with Gasteiger partial charge in [0.25, 0.3) is 0 Å². The zero-order chi connectivity index (χ0) is 28.3. The van der Waals surface area contributed by atoms with Crippen LogP contribution in [0, 0.1) is 5.92 Å². The van der Waals surface area contributed by atoms with Gasteiger partial charge in [-0.1, -0.05) is 54.6 Å². The minimum absolute atomic E-state index is 0.0279. The van der Waals surface area contributed by atoms with Gasteiger partial charge in [-0.05, 0) is 81.9 Å². The first kappa shape index (κ1) is 27.8. The quantitative estimate of drug-likeness (QED) is 0.284. The first-order chi connectivity index (χ1) is 19.2. The van der Waals surface area contributed by atoms with E-state index in [4.69, 9.17) is 10.7 Å². The van der Waals surface area contributed by atoms with Gasteiger partial charge in [-0.2, -0.15) is 0 Å². The Bertz CT molecular complexity index is 1330. The molecule has 2 saturated carbocycles. The average Bonchev–Trinajstić information content (AvgIpc) is 2.93. The fraction of sp³-hybridized carbons (Fsp3) is 0.424. The number of carbonyl (C=O) groups excluding carboxylic acids is 1. The number of nitrogens with two attached hydrogens (primary N) is 1. The summed E-state index contributed by atoms with van der Waals surface area (Å²) in [5.74, 6) is 0.217. The van der Waals surface area contributed by atoms with Crippen molar-refractivity contribution in [2.45, 2.75) is 82.8 Å². The second kappa shape index (κ2) is 11.8. The number of nitrogens with one attached hydrogen (secondary N) is 1. The Morgan fingerprint density at radius 3 is 2.27 bits per heavy atom. The maximum Gasteiger partial charge on any atom is 0.407 e. The lowest BCUT2D eigenvalue weighted by Crippen LogP contribution is -2.45. The van der Waals surface area contributed by atoms with Crippen molar-refractivity contribution in [3.05, 3.63) is 72.4 Å². The van der Waals surface area contributed by atoms with Gasteiger partial charge in [-0.15, -0.1) is 0 Å². The molecule has 1 heterocycles. The zero-order valence-corrected chi connectivity index (χ0v) is 23.5. The second-order valence-corrected chi connectivity index (χ2v) is 11.8. The van der Waals surface area contributed by atoms with Crippen LogP contribution in [0.4, 0.5) is 10.5 Å². The Labute approximate surface area is 236 Å². The summed E-state index contributed by atoms with van der Waals surface area (Å²) in [5, 5.41) is 12.6. The van der Waals surface area contributed by atoms with E-state index in [9.17, 15) is 14.7 Å². The Hall–Kier alpha value is -3.71. The molecule has 4 N–H and O–H groups in total. The highest BCUT2D eigenvalue weighted by molar-refractivity contribution is 5.93. The van der Waals surface area contributed by atoms with Gasteiger partial charge in [-0.3, -0.25) is 9.78 Å². The SMILES string of the molecule is CC(C)N(C(=O)O)[C@H]1CC[C@H](CC(=O)Nc2cnc(-c3ccc(C4(N)CCC4)cc3)c(-c3ccccc3)c2)CC1. The molecule has 0 saturated heterocycles. The van der Waals surface area contributed by atoms with Crippen LogP contribution in [-0.2, 0) is 10.3 Å². The number of amides is 2. The van der Waals surface area contributed by atoms with E-state index in [2.05, 4.69) is 41.7 Å². The molecule has 7 nitrogen and oxygen atoms in total. The van der Waals surface area contributed by atoms with Crippen molar-refractivity contribution in [2.24, 2.45) is 11.7 Å². The predicted molar refractivity (Wildman–Crippen MR) is 159 cm³/mol. The van der Waals surface area contributed by atoms with E-state index in [1.54, 1.807) is 11.1 Å². The molecule has 0 bridgehead atoms. The molecule has 2 amide bonds. The number of benzene rings is 2. The van der Waals surface area contributed by atoms with Crippen LogP contribution in [0.15, 0.2) is 66.9 Å². The number of carboxylic acid groups (broad SMARTS) is 1. The van der Waals surface area contributed by atoms with Crippen molar-refractivity contribution in [3.63, 3.8) is 0 Å². The highest BCUT2D eigenvalue weighted by Gasteiger charge is 2.34. The lowest BCUT2D eigenvalue weighted by molar-refractivity contribution is -0.117. The number of hydrogen-bond acceptors (Lipinski definition) is 4. The molecule has 0 unspecified atom stereocenters. The van der Waals surface area contributed by atoms with E-state index >= 15 is 0 Å². The summed E-state index contributed by atoms with van der Waals surface area (Å²) >= 11 is 0. The molecule has 2 aliphatic carbocycles. The topological polar surface area (TPSA) is 109 Å². The van der Waals surface area contributed by atoms with Gasteiger partial charge in [0.1, 0.15) is 0 Å². The normalized spacial score (nSPS) is 20.0. The summed E-state index contributed by atoms with van der Waals surface area (Å²) in [6.07, 6.45) is 7.79. The molecule has 40 heavy (non-hydrogen) atoms. The maximum absolute atomic E-state index is 13.0. The molecule has 0 atom stereocenters. The van der Waals surface area contributed by atoms with Gasteiger partial charge in [-0.25, -0.2) is 4.79 Å². The van der Waals surface area contributed by atoms with Gasteiger partial charge in [0.2, 0.25) is 5.91 Å². The van der Waals surface area contributed by atoms with Crippen molar-refractivity contribution in [2.75, 3.05) is 5.32 Å². The second-order valence-electron chi connectivity index (χ2n) is 11.8. The van der Waals surface area contributed by atoms with E-state index in [0.717, 1.165) is 60.9 Å². The van der Waals surface area contributed by atoms with Crippen molar-refractivity contribution in [1.29, 1.82) is 0 Å². The monoisotopic (exact) mass is 540 g/mol. The minimum atomic E-state index is -0.862. The third-order valence-electron chi connectivity index (χ3n) is 8.70. The van der Waals surface area contributed by atoms with E-state index in [1.807, 2.05) is 38.1 Å². The van der Waals surface area contributed by atoms with Crippen molar-refractivity contribution in [1.82, 2.24) is 9.88 Å². The number of carbonyl (C=O) groups is 2. The highest BCUT2D eigenvalue weighted by Crippen LogP contribution is 2.40. The van der Waals surface area contributed by atoms with Crippen molar-refractivity contribution in [3.8, 4) is 22.4 Å². The summed E-state index contributed by atoms with van der Waals surface area (Å²) < 4.78 is 0. The fourth-order valence-corrected chi connectivity index (χ4v) is 6.31. The first-order valence-electron chi connectivity index (χ1n) is 14.5. The molecule has 0 aliphatic heterocycles. The van der Waals surface area contributed by atoms with E-state index in [0.29, 0.717) is 12.1 Å². The number of nitrogens with zero attached hydrogens (tertiary/aromatic N) is 2. The van der Waals surface area contributed by atoms with Crippen molar-refractivity contribution < 1.29 is 14.7 Å². The Kier molecular flexibility index (Phi) is 8.22. The van der Waals surface area contributed by atoms with Crippen molar-refractivity contribution >= 4 is 17.7 Å². The summed E-state index contributed by atoms with van der Waals surface area (Å²) in [7, 11) is 0. The third-order valence-corrected chi connectivity index (χ3v) is 8.70. The number of anilines is 1. The van der Waals surface area contributed by atoms with Gasteiger partial charge in [0.15, 0.2) is 0 Å². The summed E-state index contributed by atoms with van der Waals surface area (Å²) in [6, 6.07) is 20.5.